The smallest absolute Gasteiger partial charge is 0.410 e. The summed E-state index contributed by atoms with van der Waals surface area (Å²) in [4.78, 5) is 62.4. The first kappa shape index (κ1) is 48.1. The molecule has 4 heterocycles. The number of fused-ring (bicyclic) bond motifs is 1. The molecule has 0 radical (unpaired) electrons. The molecule has 340 valence electrons. The average Bonchev–Trinajstić information content (AvgIpc) is 3.78. The summed E-state index contributed by atoms with van der Waals surface area (Å²) in [5.41, 5.74) is -5.87. The number of rotatable bonds is 12. The number of amides is 1. The summed E-state index contributed by atoms with van der Waals surface area (Å²) in [5, 5.41) is 14.6. The van der Waals surface area contributed by atoms with Gasteiger partial charge in [-0.15, -0.1) is 0 Å². The van der Waals surface area contributed by atoms with Gasteiger partial charge in [0.1, 0.15) is 29.6 Å². The third-order valence-electron chi connectivity index (χ3n) is 12.9. The molecule has 0 bridgehead atoms. The Hall–Kier alpha value is -3.90. The summed E-state index contributed by atoms with van der Waals surface area (Å²) >= 11 is 0. The number of aliphatic hydroxyl groups is 1. The summed E-state index contributed by atoms with van der Waals surface area (Å²) in [6, 6.07) is 1.85. The van der Waals surface area contributed by atoms with Crippen LogP contribution in [0.4, 0.5) is 18.0 Å². The number of nitrogens with zero attached hydrogens (tertiary/aromatic N) is 3. The first-order valence-electron chi connectivity index (χ1n) is 21.4. The number of esters is 1. The highest BCUT2D eigenvalue weighted by atomic mass is 19.1. The van der Waals surface area contributed by atoms with Gasteiger partial charge in [0.2, 0.25) is 0 Å². The van der Waals surface area contributed by atoms with Gasteiger partial charge in [0.25, 0.3) is 5.67 Å². The molecule has 61 heavy (non-hydrogen) atoms. The van der Waals surface area contributed by atoms with E-state index in [1.165, 1.54) is 31.3 Å². The van der Waals surface area contributed by atoms with Crippen LogP contribution in [0.15, 0.2) is 30.7 Å². The van der Waals surface area contributed by atoms with E-state index in [1.54, 1.807) is 45.4 Å². The van der Waals surface area contributed by atoms with Gasteiger partial charge in [-0.3, -0.25) is 9.59 Å². The zero-order valence-corrected chi connectivity index (χ0v) is 36.9. The van der Waals surface area contributed by atoms with Crippen LogP contribution in [0.1, 0.15) is 94.4 Å². The lowest BCUT2D eigenvalue weighted by Gasteiger charge is -2.46. The van der Waals surface area contributed by atoms with E-state index in [2.05, 4.69) is 10.3 Å². The summed E-state index contributed by atoms with van der Waals surface area (Å²) in [5.74, 6) is -7.47. The van der Waals surface area contributed by atoms with E-state index in [-0.39, 0.29) is 36.8 Å². The van der Waals surface area contributed by atoms with Crippen LogP contribution < -0.4 is 5.32 Å². The normalized spacial score (nSPS) is 36.7. The molecule has 1 aromatic carbocycles. The molecule has 2 N–H and O–H groups in total. The number of alkyl halides is 1. The number of halogens is 3. The quantitative estimate of drug-likeness (QED) is 0.146. The van der Waals surface area contributed by atoms with Crippen LogP contribution >= 0.6 is 0 Å². The number of nitrogens with one attached hydrogen (secondary N) is 1. The molecule has 1 amide bonds. The second-order valence-corrected chi connectivity index (χ2v) is 17.6. The number of hydrogen-bond donors (Lipinski definition) is 2. The fourth-order valence-electron chi connectivity index (χ4n) is 9.58. The minimum absolute atomic E-state index is 0.0401. The van der Waals surface area contributed by atoms with Crippen molar-refractivity contribution in [2.45, 2.75) is 161 Å². The molecular formula is C44H63F3N4O10. The molecule has 13 atom stereocenters. The zero-order chi connectivity index (χ0) is 45.2. The number of likely N-dealkylation sites (N-methyl/N-ethyl adjacent to an activating group) is 1. The third-order valence-corrected chi connectivity index (χ3v) is 12.9. The molecule has 1 aromatic heterocycles. The predicted molar refractivity (Wildman–Crippen MR) is 217 cm³/mol. The number of benzene rings is 1. The molecular weight excluding hydrogens is 801 g/mol. The lowest BCUT2D eigenvalue weighted by Crippen LogP contribution is -2.62. The van der Waals surface area contributed by atoms with Crippen molar-refractivity contribution in [2.75, 3.05) is 20.2 Å². The Bertz CT molecular complexity index is 1900. The average molecular weight is 865 g/mol. The second kappa shape index (κ2) is 19.2. The number of hydrogen-bond acceptors (Lipinski definition) is 12. The van der Waals surface area contributed by atoms with Crippen LogP contribution in [0.3, 0.4) is 0 Å². The van der Waals surface area contributed by atoms with Crippen LogP contribution in [0, 0.1) is 29.4 Å². The van der Waals surface area contributed by atoms with Gasteiger partial charge in [0.15, 0.2) is 17.7 Å². The SMILES string of the molecule is CCN[C@H]1C[C@@H](C)O[C@@H](O[C@@H]2[C@H](C)C(=O)[C@](C)(F)C(=O)O[C@H](CC)[C@@]3(C)OC(=O)N(CCCCn4cnc(-c5ccc(F)cc5F)c4)C3[C@@H](C)C(=O)[C@H](C)C[C@@]2(C)OC)[C@H]1O. The molecule has 5 rings (SSSR count). The number of aromatic nitrogens is 2. The maximum Gasteiger partial charge on any atom is 0.410 e. The monoisotopic (exact) mass is 864 g/mol. The van der Waals surface area contributed by atoms with E-state index in [4.69, 9.17) is 23.7 Å². The largest absolute Gasteiger partial charge is 0.455 e. The van der Waals surface area contributed by atoms with Gasteiger partial charge in [-0.2, -0.15) is 0 Å². The Balaban J connectivity index is 1.44. The van der Waals surface area contributed by atoms with Crippen LogP contribution in [-0.2, 0) is 44.6 Å². The first-order valence-corrected chi connectivity index (χ1v) is 21.4. The van der Waals surface area contributed by atoms with E-state index < -0.39 is 101 Å². The summed E-state index contributed by atoms with van der Waals surface area (Å²) in [6.07, 6.45) is -1.62. The fourth-order valence-corrected chi connectivity index (χ4v) is 9.58. The highest BCUT2D eigenvalue weighted by molar-refractivity contribution is 6.08. The van der Waals surface area contributed by atoms with Gasteiger partial charge in [-0.1, -0.05) is 34.6 Å². The molecule has 2 aromatic rings. The van der Waals surface area contributed by atoms with Gasteiger partial charge in [0.05, 0.1) is 35.9 Å². The van der Waals surface area contributed by atoms with Gasteiger partial charge in [-0.25, -0.2) is 27.7 Å². The molecule has 0 aliphatic carbocycles. The van der Waals surface area contributed by atoms with Crippen molar-refractivity contribution in [3.05, 3.63) is 42.4 Å². The maximum atomic E-state index is 16.9. The van der Waals surface area contributed by atoms with Crippen molar-refractivity contribution in [2.24, 2.45) is 17.8 Å². The third kappa shape index (κ3) is 9.85. The summed E-state index contributed by atoms with van der Waals surface area (Å²) in [7, 11) is 1.38. The molecule has 3 aliphatic heterocycles. The Morgan fingerprint density at radius 2 is 1.70 bits per heavy atom. The van der Waals surface area contributed by atoms with Gasteiger partial charge in [0, 0.05) is 61.8 Å². The van der Waals surface area contributed by atoms with Crippen LogP contribution in [-0.4, -0.2) is 123 Å². The summed E-state index contributed by atoms with van der Waals surface area (Å²) < 4.78 is 76.9. The van der Waals surface area contributed by atoms with E-state index in [0.29, 0.717) is 38.0 Å². The van der Waals surface area contributed by atoms with Crippen LogP contribution in [0.2, 0.25) is 0 Å². The number of methoxy groups -OCH3 is 1. The lowest BCUT2D eigenvalue weighted by atomic mass is 9.73. The number of cyclic esters (lactones) is 1. The Morgan fingerprint density at radius 3 is 2.34 bits per heavy atom. The zero-order valence-electron chi connectivity index (χ0n) is 36.9. The Kier molecular flexibility index (Phi) is 15.2. The molecule has 1 unspecified atom stereocenters. The highest BCUT2D eigenvalue weighted by Crippen LogP contribution is 2.43. The van der Waals surface area contributed by atoms with Gasteiger partial charge >= 0.3 is 12.1 Å². The fraction of sp³-hybridized carbons (Fsp3) is 0.705. The first-order chi connectivity index (χ1) is 28.6. The predicted octanol–water partition coefficient (Wildman–Crippen LogP) is 5.95. The number of aryl methyl sites for hydroxylation is 1. The number of aliphatic hydroxyl groups excluding tert-OH is 1. The van der Waals surface area contributed by atoms with Crippen molar-refractivity contribution in [1.29, 1.82) is 0 Å². The highest BCUT2D eigenvalue weighted by Gasteiger charge is 2.61. The number of carbonyl (C=O) groups is 4. The molecule has 0 saturated carbocycles. The molecule has 0 spiro atoms. The van der Waals surface area contributed by atoms with E-state index in [9.17, 15) is 33.1 Å². The lowest BCUT2D eigenvalue weighted by molar-refractivity contribution is -0.290. The van der Waals surface area contributed by atoms with Gasteiger partial charge < -0.3 is 43.6 Å². The molecule has 3 aliphatic rings. The minimum Gasteiger partial charge on any atom is -0.455 e. The standard InChI is InChI=1S/C44H63F3N4O10/c1-11-33-44(9)36(51(41(56)61-44)18-14-13-17-50-22-32(49-23-50)29-16-15-28(45)20-30(29)46)26(5)34(52)24(3)21-42(7,57-10)38(27(6)37(54)43(8,47)40(55)59-33)60-39-35(53)31(48-12-2)19-25(4)58-39/h15-16,20,22-27,31,33,35-36,38-39,48,53H,11-14,17-19,21H2,1-10H3/t24-,25-,26+,27-,31+,33-,35+,36?,38-,39+,42-,43+,44-/m1/s1. The minimum atomic E-state index is -3.21. The van der Waals surface area contributed by atoms with Crippen molar-refractivity contribution in [3.63, 3.8) is 0 Å². The van der Waals surface area contributed by atoms with Gasteiger partial charge in [-0.05, 0) is 78.5 Å². The van der Waals surface area contributed by atoms with E-state index in [0.717, 1.165) is 19.1 Å². The van der Waals surface area contributed by atoms with E-state index in [1.807, 2.05) is 13.8 Å². The van der Waals surface area contributed by atoms with Crippen molar-refractivity contribution < 1.29 is 61.1 Å². The Morgan fingerprint density at radius 1 is 1.02 bits per heavy atom. The summed E-state index contributed by atoms with van der Waals surface area (Å²) in [6.45, 7) is 15.3. The van der Waals surface area contributed by atoms with Crippen molar-refractivity contribution >= 4 is 23.6 Å². The van der Waals surface area contributed by atoms with Crippen LogP contribution in [0.25, 0.3) is 11.3 Å². The number of ketones is 2. The molecule has 14 nitrogen and oxygen atoms in total. The second-order valence-electron chi connectivity index (χ2n) is 17.6. The number of unbranched alkanes of at least 4 members (excludes halogenated alkanes) is 1. The molecule has 17 heteroatoms. The van der Waals surface area contributed by atoms with E-state index >= 15 is 4.39 Å². The molecule has 3 fully saturated rings. The van der Waals surface area contributed by atoms with Crippen molar-refractivity contribution in [3.8, 4) is 11.3 Å². The number of carbonyl (C=O) groups excluding carboxylic acids is 4. The number of Topliss-reactive ketones (excluding diaryl/α,β-unsaturated/α-hetero) is 2. The van der Waals surface area contributed by atoms with Crippen LogP contribution in [0.5, 0.6) is 0 Å². The molecule has 3 saturated heterocycles. The topological polar surface area (TPSA) is 168 Å². The number of ether oxygens (including phenoxy) is 5. The number of imidazole rings is 1. The Labute approximate surface area is 356 Å². The van der Waals surface area contributed by atoms with Crippen molar-refractivity contribution in [1.82, 2.24) is 19.8 Å². The maximum absolute atomic E-state index is 16.9.